The highest BCUT2D eigenvalue weighted by atomic mass is 16.5. The number of hydrogen-bond acceptors (Lipinski definition) is 6. The van der Waals surface area contributed by atoms with E-state index in [0.717, 1.165) is 18.7 Å². The molecule has 0 atom stereocenters. The summed E-state index contributed by atoms with van der Waals surface area (Å²) in [5, 5.41) is 10.6. The van der Waals surface area contributed by atoms with Gasteiger partial charge in [0.25, 0.3) is 0 Å². The Labute approximate surface area is 197 Å². The molecule has 3 aromatic rings. The van der Waals surface area contributed by atoms with E-state index < -0.39 is 0 Å². The summed E-state index contributed by atoms with van der Waals surface area (Å²) in [6.07, 6.45) is 1.94. The average Bonchev–Trinajstić information content (AvgIpc) is 2.87. The Hall–Kier alpha value is -3.56. The monoisotopic (exact) mass is 463 g/mol. The van der Waals surface area contributed by atoms with Crippen LogP contribution in [0.25, 0.3) is 10.9 Å². The molecule has 2 heterocycles. The number of morpholine rings is 1. The van der Waals surface area contributed by atoms with E-state index in [9.17, 15) is 14.4 Å². The highest BCUT2D eigenvalue weighted by molar-refractivity contribution is 5.90. The molecule has 2 aromatic carbocycles. The maximum Gasteiger partial charge on any atom is 0.225 e. The van der Waals surface area contributed by atoms with Crippen molar-refractivity contribution in [3.63, 3.8) is 0 Å². The molecule has 0 radical (unpaired) electrons. The molecule has 1 saturated heterocycles. The zero-order valence-corrected chi connectivity index (χ0v) is 19.0. The fourth-order valence-corrected chi connectivity index (χ4v) is 3.90. The molecule has 0 unspecified atom stereocenters. The molecule has 9 nitrogen and oxygen atoms in total. The molecule has 2 amide bonds. The molecule has 1 aliphatic heterocycles. The van der Waals surface area contributed by atoms with E-state index >= 15 is 0 Å². The number of nitrogens with zero attached hydrogens (tertiary/aromatic N) is 3. The third-order valence-electron chi connectivity index (χ3n) is 5.77. The van der Waals surface area contributed by atoms with Crippen molar-refractivity contribution in [3.8, 4) is 0 Å². The summed E-state index contributed by atoms with van der Waals surface area (Å²) in [6, 6.07) is 14.7. The van der Waals surface area contributed by atoms with Crippen LogP contribution in [0.1, 0.15) is 18.4 Å². The summed E-state index contributed by atoms with van der Waals surface area (Å²) in [6.45, 7) is 4.58. The average molecular weight is 464 g/mol. The van der Waals surface area contributed by atoms with Crippen LogP contribution in [-0.2, 0) is 27.4 Å². The molecule has 0 saturated carbocycles. The van der Waals surface area contributed by atoms with Crippen molar-refractivity contribution in [2.45, 2.75) is 25.9 Å². The molecule has 9 heteroatoms. The lowest BCUT2D eigenvalue weighted by molar-refractivity contribution is -0.121. The van der Waals surface area contributed by atoms with Gasteiger partial charge < -0.3 is 15.4 Å². The van der Waals surface area contributed by atoms with Gasteiger partial charge >= 0.3 is 0 Å². The lowest BCUT2D eigenvalue weighted by Crippen LogP contribution is -2.38. The van der Waals surface area contributed by atoms with E-state index in [1.54, 1.807) is 10.7 Å². The number of aryl methyl sites for hydroxylation is 1. The normalized spacial score (nSPS) is 14.1. The quantitative estimate of drug-likeness (QED) is 0.501. The minimum absolute atomic E-state index is 0.0338. The number of benzene rings is 2. The Balaban J connectivity index is 1.24. The number of fused-ring (bicyclic) bond motifs is 1. The van der Waals surface area contributed by atoms with E-state index in [1.807, 2.05) is 42.5 Å². The Kier molecular flexibility index (Phi) is 8.00. The molecule has 34 heavy (non-hydrogen) atoms. The number of rotatable bonds is 9. The fourth-order valence-electron chi connectivity index (χ4n) is 3.90. The smallest absolute Gasteiger partial charge is 0.225 e. The van der Waals surface area contributed by atoms with Crippen molar-refractivity contribution in [2.24, 2.45) is 0 Å². The van der Waals surface area contributed by atoms with Crippen molar-refractivity contribution in [3.05, 3.63) is 70.5 Å². The topological polar surface area (TPSA) is 106 Å². The van der Waals surface area contributed by atoms with Gasteiger partial charge in [-0.05, 0) is 29.8 Å². The van der Waals surface area contributed by atoms with Gasteiger partial charge in [-0.25, -0.2) is 0 Å². The molecular weight excluding hydrogens is 434 g/mol. The van der Waals surface area contributed by atoms with Crippen LogP contribution in [0.15, 0.2) is 59.5 Å². The summed E-state index contributed by atoms with van der Waals surface area (Å²) < 4.78 is 7.00. The van der Waals surface area contributed by atoms with Gasteiger partial charge in [0.15, 0.2) is 0 Å². The lowest BCUT2D eigenvalue weighted by Gasteiger charge is -2.26. The van der Waals surface area contributed by atoms with E-state index in [4.69, 9.17) is 4.74 Å². The summed E-state index contributed by atoms with van der Waals surface area (Å²) in [5.74, 6) is -0.155. The SMILES string of the molecule is O=C(CCn1ncc(=O)c2ccccc21)NCc1cccc(NC(=O)CCN2CCOCC2)c1. The highest BCUT2D eigenvalue weighted by Gasteiger charge is 2.12. The minimum atomic E-state index is -0.135. The number of nitrogens with one attached hydrogen (secondary N) is 2. The van der Waals surface area contributed by atoms with Crippen LogP contribution in [0.4, 0.5) is 5.69 Å². The first-order chi connectivity index (χ1) is 16.6. The van der Waals surface area contributed by atoms with Gasteiger partial charge in [0.1, 0.15) is 0 Å². The van der Waals surface area contributed by atoms with Crippen molar-refractivity contribution >= 4 is 28.4 Å². The Bertz CT molecular complexity index is 1200. The second-order valence-electron chi connectivity index (χ2n) is 8.23. The largest absolute Gasteiger partial charge is 0.379 e. The van der Waals surface area contributed by atoms with Gasteiger partial charge in [-0.3, -0.25) is 24.0 Å². The molecule has 1 aromatic heterocycles. The number of ether oxygens (including phenoxy) is 1. The second kappa shape index (κ2) is 11.5. The van der Waals surface area contributed by atoms with E-state index in [2.05, 4.69) is 20.6 Å². The van der Waals surface area contributed by atoms with Crippen molar-refractivity contribution in [2.75, 3.05) is 38.2 Å². The van der Waals surface area contributed by atoms with E-state index in [0.29, 0.717) is 55.9 Å². The van der Waals surface area contributed by atoms with Crippen molar-refractivity contribution < 1.29 is 14.3 Å². The summed E-state index contributed by atoms with van der Waals surface area (Å²) in [7, 11) is 0. The van der Waals surface area contributed by atoms with Crippen LogP contribution in [0.2, 0.25) is 0 Å². The Morgan fingerprint density at radius 3 is 2.62 bits per heavy atom. The maximum absolute atomic E-state index is 12.4. The van der Waals surface area contributed by atoms with Crippen LogP contribution in [-0.4, -0.2) is 59.3 Å². The van der Waals surface area contributed by atoms with Crippen LogP contribution in [0.5, 0.6) is 0 Å². The Morgan fingerprint density at radius 2 is 1.76 bits per heavy atom. The molecule has 0 spiro atoms. The number of aromatic nitrogens is 2. The maximum atomic E-state index is 12.4. The molecule has 2 N–H and O–H groups in total. The summed E-state index contributed by atoms with van der Waals surface area (Å²) in [5.41, 5.74) is 2.18. The first kappa shape index (κ1) is 23.6. The molecule has 4 rings (SSSR count). The van der Waals surface area contributed by atoms with Gasteiger partial charge in [-0.1, -0.05) is 24.3 Å². The molecule has 0 aliphatic carbocycles. The first-order valence-corrected chi connectivity index (χ1v) is 11.5. The molecule has 1 aliphatic rings. The molecule has 178 valence electrons. The van der Waals surface area contributed by atoms with Gasteiger partial charge in [-0.15, -0.1) is 0 Å². The lowest BCUT2D eigenvalue weighted by atomic mass is 10.2. The third kappa shape index (κ3) is 6.49. The van der Waals surface area contributed by atoms with Crippen LogP contribution >= 0.6 is 0 Å². The number of hydrogen-bond donors (Lipinski definition) is 2. The number of para-hydroxylation sites is 1. The van der Waals surface area contributed by atoms with Gasteiger partial charge in [-0.2, -0.15) is 5.10 Å². The number of carbonyl (C=O) groups is 2. The Morgan fingerprint density at radius 1 is 0.971 bits per heavy atom. The highest BCUT2D eigenvalue weighted by Crippen LogP contribution is 2.12. The summed E-state index contributed by atoms with van der Waals surface area (Å²) >= 11 is 0. The standard InChI is InChI=1S/C25H29N5O4/c31-23-18-27-30(22-7-2-1-6-21(22)23)11-9-24(32)26-17-19-4-3-5-20(16-19)28-25(33)8-10-29-12-14-34-15-13-29/h1-7,16,18H,8-15,17H2,(H,26,32)(H,28,33). The van der Waals surface area contributed by atoms with E-state index in [1.165, 1.54) is 6.20 Å². The molecule has 1 fully saturated rings. The molecular formula is C25H29N5O4. The zero-order valence-electron chi connectivity index (χ0n) is 19.0. The van der Waals surface area contributed by atoms with E-state index in [-0.39, 0.29) is 23.7 Å². The first-order valence-electron chi connectivity index (χ1n) is 11.5. The van der Waals surface area contributed by atoms with Crippen molar-refractivity contribution in [1.29, 1.82) is 0 Å². The zero-order chi connectivity index (χ0) is 23.8. The predicted molar refractivity (Wildman–Crippen MR) is 129 cm³/mol. The van der Waals surface area contributed by atoms with Crippen LogP contribution in [0, 0.1) is 0 Å². The minimum Gasteiger partial charge on any atom is -0.379 e. The fraction of sp³-hybridized carbons (Fsp3) is 0.360. The van der Waals surface area contributed by atoms with Crippen LogP contribution < -0.4 is 16.1 Å². The number of carbonyl (C=O) groups excluding carboxylic acids is 2. The molecule has 0 bridgehead atoms. The van der Waals surface area contributed by atoms with Gasteiger partial charge in [0.05, 0.1) is 31.5 Å². The summed E-state index contributed by atoms with van der Waals surface area (Å²) in [4.78, 5) is 38.9. The number of amides is 2. The van der Waals surface area contributed by atoms with Crippen molar-refractivity contribution in [1.82, 2.24) is 20.0 Å². The van der Waals surface area contributed by atoms with Gasteiger partial charge in [0.2, 0.25) is 17.2 Å². The van der Waals surface area contributed by atoms with Gasteiger partial charge in [0, 0.05) is 50.1 Å². The second-order valence-corrected chi connectivity index (χ2v) is 8.23. The number of anilines is 1. The predicted octanol–water partition coefficient (Wildman–Crippen LogP) is 1.76. The van der Waals surface area contributed by atoms with Crippen LogP contribution in [0.3, 0.4) is 0 Å². The third-order valence-corrected chi connectivity index (χ3v) is 5.77.